The van der Waals surface area contributed by atoms with Crippen LogP contribution in [0.2, 0.25) is 0 Å². The monoisotopic (exact) mass is 286 g/mol. The first-order chi connectivity index (χ1) is 10.3. The van der Waals surface area contributed by atoms with Crippen molar-refractivity contribution in [3.63, 3.8) is 0 Å². The average molecular weight is 286 g/mol. The van der Waals surface area contributed by atoms with Crippen LogP contribution in [0.25, 0.3) is 5.65 Å². The summed E-state index contributed by atoms with van der Waals surface area (Å²) in [6.07, 6.45) is 0. The number of benzene rings is 1. The van der Waals surface area contributed by atoms with Gasteiger partial charge in [-0.15, -0.1) is 14.8 Å². The van der Waals surface area contributed by atoms with Gasteiger partial charge in [0.1, 0.15) is 5.82 Å². The van der Waals surface area contributed by atoms with E-state index in [4.69, 9.17) is 9.47 Å². The molecule has 0 aliphatic carbocycles. The van der Waals surface area contributed by atoms with Gasteiger partial charge in [0.25, 0.3) is 0 Å². The van der Waals surface area contributed by atoms with E-state index in [-0.39, 0.29) is 0 Å². The van der Waals surface area contributed by atoms with Gasteiger partial charge in [-0.05, 0) is 28.6 Å². The van der Waals surface area contributed by atoms with Gasteiger partial charge in [-0.1, -0.05) is 12.1 Å². The number of ether oxygens (including phenoxy) is 2. The highest BCUT2D eigenvalue weighted by Gasteiger charge is 2.09. The number of methoxy groups -OCH3 is 2. The van der Waals surface area contributed by atoms with Gasteiger partial charge >= 0.3 is 0 Å². The maximum atomic E-state index is 5.39. The summed E-state index contributed by atoms with van der Waals surface area (Å²) in [5.74, 6) is 2.07. The number of aromatic nitrogens is 5. The van der Waals surface area contributed by atoms with Crippen molar-refractivity contribution in [1.82, 2.24) is 25.3 Å². The molecule has 3 aromatic rings. The summed E-state index contributed by atoms with van der Waals surface area (Å²) in [6.45, 7) is 0.543. The number of nitrogens with zero attached hydrogens (tertiary/aromatic N) is 5. The van der Waals surface area contributed by atoms with Crippen molar-refractivity contribution in [2.75, 3.05) is 19.5 Å². The lowest BCUT2D eigenvalue weighted by Gasteiger charge is -2.13. The van der Waals surface area contributed by atoms with Gasteiger partial charge in [-0.3, -0.25) is 0 Å². The van der Waals surface area contributed by atoms with E-state index in [0.29, 0.717) is 29.5 Å². The minimum absolute atomic E-state index is 0.543. The number of rotatable bonds is 5. The first-order valence-electron chi connectivity index (χ1n) is 6.31. The van der Waals surface area contributed by atoms with Crippen molar-refractivity contribution in [3.05, 3.63) is 35.9 Å². The Hall–Kier alpha value is -2.90. The summed E-state index contributed by atoms with van der Waals surface area (Å²) in [6, 6.07) is 9.34. The normalized spacial score (nSPS) is 10.6. The van der Waals surface area contributed by atoms with Crippen LogP contribution >= 0.6 is 0 Å². The Bertz CT molecular complexity index is 757. The Kier molecular flexibility index (Phi) is 3.50. The number of fused-ring (bicyclic) bond motifs is 1. The van der Waals surface area contributed by atoms with Crippen molar-refractivity contribution in [3.8, 4) is 11.5 Å². The fraction of sp³-hybridized carbons (Fsp3) is 0.231. The largest absolute Gasteiger partial charge is 0.493 e. The second-order valence-electron chi connectivity index (χ2n) is 4.25. The quantitative estimate of drug-likeness (QED) is 0.752. The molecule has 0 aliphatic heterocycles. The van der Waals surface area contributed by atoms with E-state index >= 15 is 0 Å². The molecule has 8 nitrogen and oxygen atoms in total. The Morgan fingerprint density at radius 1 is 1.14 bits per heavy atom. The van der Waals surface area contributed by atoms with Gasteiger partial charge in [-0.25, -0.2) is 0 Å². The summed E-state index contributed by atoms with van der Waals surface area (Å²) < 4.78 is 12.0. The number of tetrazole rings is 1. The summed E-state index contributed by atoms with van der Waals surface area (Å²) in [5.41, 5.74) is 1.56. The van der Waals surface area contributed by atoms with Gasteiger partial charge in [0, 0.05) is 12.1 Å². The zero-order chi connectivity index (χ0) is 14.7. The molecule has 2 aromatic heterocycles. The average Bonchev–Trinajstić information content (AvgIpc) is 2.99. The van der Waals surface area contributed by atoms with E-state index in [0.717, 1.165) is 5.56 Å². The van der Waals surface area contributed by atoms with Crippen LogP contribution < -0.4 is 14.8 Å². The predicted molar refractivity (Wildman–Crippen MR) is 75.4 cm³/mol. The van der Waals surface area contributed by atoms with Gasteiger partial charge in [0.15, 0.2) is 17.1 Å². The van der Waals surface area contributed by atoms with Gasteiger partial charge < -0.3 is 14.8 Å². The molecule has 0 saturated heterocycles. The fourth-order valence-corrected chi connectivity index (χ4v) is 2.02. The molecule has 0 bridgehead atoms. The second kappa shape index (κ2) is 5.61. The van der Waals surface area contributed by atoms with Crippen LogP contribution in [-0.2, 0) is 6.54 Å². The molecule has 0 amide bonds. The molecular formula is C13H14N6O2. The van der Waals surface area contributed by atoms with Crippen molar-refractivity contribution >= 4 is 11.5 Å². The van der Waals surface area contributed by atoms with Crippen LogP contribution in [0.3, 0.4) is 0 Å². The third-order valence-electron chi connectivity index (χ3n) is 3.01. The molecule has 1 N–H and O–H groups in total. The van der Waals surface area contributed by atoms with Gasteiger partial charge in [0.05, 0.1) is 14.2 Å². The Morgan fingerprint density at radius 3 is 2.86 bits per heavy atom. The molecule has 0 spiro atoms. The van der Waals surface area contributed by atoms with Crippen LogP contribution in [0.1, 0.15) is 5.56 Å². The highest BCUT2D eigenvalue weighted by molar-refractivity contribution is 5.49. The third kappa shape index (κ3) is 2.55. The molecule has 3 rings (SSSR count). The Labute approximate surface area is 120 Å². The molecule has 0 radical (unpaired) electrons. The maximum absolute atomic E-state index is 5.39. The molecule has 0 atom stereocenters. The van der Waals surface area contributed by atoms with E-state index in [9.17, 15) is 0 Å². The highest BCUT2D eigenvalue weighted by atomic mass is 16.5. The number of para-hydroxylation sites is 1. The number of anilines is 1. The zero-order valence-electron chi connectivity index (χ0n) is 11.6. The van der Waals surface area contributed by atoms with E-state index in [1.54, 1.807) is 20.3 Å². The number of nitrogens with one attached hydrogen (secondary N) is 1. The molecule has 1 aromatic carbocycles. The van der Waals surface area contributed by atoms with Gasteiger partial charge in [-0.2, -0.15) is 0 Å². The molecule has 0 unspecified atom stereocenters. The minimum Gasteiger partial charge on any atom is -0.493 e. The third-order valence-corrected chi connectivity index (χ3v) is 3.01. The van der Waals surface area contributed by atoms with Crippen LogP contribution in [0, 0.1) is 0 Å². The lowest BCUT2D eigenvalue weighted by Crippen LogP contribution is -2.06. The number of hydrogen-bond acceptors (Lipinski definition) is 7. The zero-order valence-corrected chi connectivity index (χ0v) is 11.6. The maximum Gasteiger partial charge on any atom is 0.200 e. The summed E-state index contributed by atoms with van der Waals surface area (Å²) in [5, 5.41) is 18.6. The van der Waals surface area contributed by atoms with E-state index in [1.807, 2.05) is 24.3 Å². The summed E-state index contributed by atoms with van der Waals surface area (Å²) in [7, 11) is 3.23. The van der Waals surface area contributed by atoms with Gasteiger partial charge in [0.2, 0.25) is 0 Å². The van der Waals surface area contributed by atoms with Crippen molar-refractivity contribution in [2.24, 2.45) is 0 Å². The fourth-order valence-electron chi connectivity index (χ4n) is 2.02. The molecule has 21 heavy (non-hydrogen) atoms. The first-order valence-corrected chi connectivity index (χ1v) is 6.31. The Morgan fingerprint density at radius 2 is 2.05 bits per heavy atom. The van der Waals surface area contributed by atoms with Crippen LogP contribution in [0.5, 0.6) is 11.5 Å². The van der Waals surface area contributed by atoms with Crippen LogP contribution in [-0.4, -0.2) is 39.5 Å². The first kappa shape index (κ1) is 13.1. The molecule has 108 valence electrons. The van der Waals surface area contributed by atoms with Crippen molar-refractivity contribution in [2.45, 2.75) is 6.54 Å². The highest BCUT2D eigenvalue weighted by Crippen LogP contribution is 2.30. The lowest BCUT2D eigenvalue weighted by molar-refractivity contribution is 0.352. The van der Waals surface area contributed by atoms with E-state index in [1.165, 1.54) is 4.63 Å². The van der Waals surface area contributed by atoms with E-state index < -0.39 is 0 Å². The topological polar surface area (TPSA) is 86.5 Å². The smallest absolute Gasteiger partial charge is 0.200 e. The molecule has 2 heterocycles. The summed E-state index contributed by atoms with van der Waals surface area (Å²) >= 11 is 0. The molecular weight excluding hydrogens is 272 g/mol. The molecule has 0 fully saturated rings. The minimum atomic E-state index is 0.543. The number of hydrogen-bond donors (Lipinski definition) is 1. The second-order valence-corrected chi connectivity index (χ2v) is 4.25. The van der Waals surface area contributed by atoms with Crippen molar-refractivity contribution < 1.29 is 9.47 Å². The van der Waals surface area contributed by atoms with E-state index in [2.05, 4.69) is 25.9 Å². The van der Waals surface area contributed by atoms with Crippen LogP contribution in [0.15, 0.2) is 30.3 Å². The predicted octanol–water partition coefficient (Wildman–Crippen LogP) is 1.15. The SMILES string of the molecule is COc1cccc(CNc2ccc3nnnn3n2)c1OC. The Balaban J connectivity index is 1.80. The molecule has 0 aliphatic rings. The van der Waals surface area contributed by atoms with Crippen LogP contribution in [0.4, 0.5) is 5.82 Å². The van der Waals surface area contributed by atoms with Crippen molar-refractivity contribution in [1.29, 1.82) is 0 Å². The molecule has 0 saturated carbocycles. The summed E-state index contributed by atoms with van der Waals surface area (Å²) in [4.78, 5) is 0. The molecule has 8 heteroatoms. The lowest BCUT2D eigenvalue weighted by atomic mass is 10.2. The standard InChI is InChI=1S/C13H14N6O2/c1-20-10-5-3-4-9(13(10)21-2)8-14-11-6-7-12-15-17-18-19(12)16-11/h3-7H,8H2,1-2H3,(H,14,16).